The minimum absolute atomic E-state index is 0.282. The molecule has 0 aliphatic rings. The molecule has 6 aromatic carbocycles. The average Bonchev–Trinajstić information content (AvgIpc) is 3.60. The van der Waals surface area contributed by atoms with Crippen LogP contribution in [0.4, 0.5) is 13.2 Å². The van der Waals surface area contributed by atoms with Crippen LogP contribution in [-0.2, 0) is 6.18 Å². The predicted molar refractivity (Wildman–Crippen MR) is 170 cm³/mol. The van der Waals surface area contributed by atoms with E-state index in [1.807, 2.05) is 54.6 Å². The van der Waals surface area contributed by atoms with E-state index in [-0.39, 0.29) is 5.57 Å². The number of hydrogen-bond donors (Lipinski definition) is 0. The molecule has 44 heavy (non-hydrogen) atoms. The summed E-state index contributed by atoms with van der Waals surface area (Å²) in [6.45, 7) is 0. The summed E-state index contributed by atoms with van der Waals surface area (Å²) in [7, 11) is 0. The molecule has 210 valence electrons. The largest absolute Gasteiger partial charge is 0.455 e. The van der Waals surface area contributed by atoms with E-state index in [1.165, 1.54) is 12.1 Å². The maximum Gasteiger partial charge on any atom is 0.416 e. The first-order valence-electron chi connectivity index (χ1n) is 14.1. The number of nitrogens with zero attached hydrogens (tertiary/aromatic N) is 2. The summed E-state index contributed by atoms with van der Waals surface area (Å²) in [5.41, 5.74) is 5.50. The Morgan fingerprint density at radius 1 is 0.659 bits per heavy atom. The molecule has 3 nitrogen and oxygen atoms in total. The number of fused-ring (bicyclic) bond motifs is 9. The van der Waals surface area contributed by atoms with Crippen molar-refractivity contribution in [2.75, 3.05) is 0 Å². The number of nitriles is 1. The Morgan fingerprint density at radius 3 is 1.98 bits per heavy atom. The van der Waals surface area contributed by atoms with Crippen molar-refractivity contribution in [2.24, 2.45) is 0 Å². The quantitative estimate of drug-likeness (QED) is 0.155. The SMILES string of the molecule is N#C/C(=C\c1ccc(-n2c3ccccc3c3ccc4c(ccc5c6ccccc6oc54)c32)cc1)c1ccc(C(F)(F)F)cc1. The maximum absolute atomic E-state index is 13.0. The van der Waals surface area contributed by atoms with Gasteiger partial charge in [0.25, 0.3) is 0 Å². The first-order valence-corrected chi connectivity index (χ1v) is 14.1. The second kappa shape index (κ2) is 9.62. The first kappa shape index (κ1) is 25.9. The highest BCUT2D eigenvalue weighted by atomic mass is 19.4. The van der Waals surface area contributed by atoms with Crippen LogP contribution in [-0.4, -0.2) is 4.57 Å². The fraction of sp³-hybridized carbons (Fsp3) is 0.0263. The summed E-state index contributed by atoms with van der Waals surface area (Å²) in [4.78, 5) is 0. The number of halogens is 3. The van der Waals surface area contributed by atoms with Gasteiger partial charge in [-0.2, -0.15) is 18.4 Å². The van der Waals surface area contributed by atoms with Crippen LogP contribution in [0, 0.1) is 11.3 Å². The lowest BCUT2D eigenvalue weighted by molar-refractivity contribution is -0.137. The minimum Gasteiger partial charge on any atom is -0.455 e. The predicted octanol–water partition coefficient (Wildman–Crippen LogP) is 10.9. The van der Waals surface area contributed by atoms with Gasteiger partial charge in [-0.05, 0) is 65.7 Å². The van der Waals surface area contributed by atoms with Gasteiger partial charge >= 0.3 is 6.18 Å². The van der Waals surface area contributed by atoms with Crippen molar-refractivity contribution in [2.45, 2.75) is 6.18 Å². The molecular weight excluding hydrogens is 557 g/mol. The van der Waals surface area contributed by atoms with Crippen LogP contribution in [0.3, 0.4) is 0 Å². The molecule has 2 heterocycles. The molecule has 0 saturated heterocycles. The molecule has 0 spiro atoms. The van der Waals surface area contributed by atoms with Crippen molar-refractivity contribution in [3.63, 3.8) is 0 Å². The van der Waals surface area contributed by atoms with Gasteiger partial charge in [-0.15, -0.1) is 0 Å². The molecule has 0 amide bonds. The van der Waals surface area contributed by atoms with Gasteiger partial charge in [0.05, 0.1) is 28.2 Å². The topological polar surface area (TPSA) is 41.9 Å². The number of furan rings is 1. The molecule has 0 saturated carbocycles. The van der Waals surface area contributed by atoms with E-state index in [1.54, 1.807) is 6.08 Å². The van der Waals surface area contributed by atoms with Crippen molar-refractivity contribution in [1.82, 2.24) is 4.57 Å². The molecule has 0 radical (unpaired) electrons. The first-order chi connectivity index (χ1) is 21.4. The zero-order valence-electron chi connectivity index (χ0n) is 23.1. The standard InChI is InChI=1S/C38H21F3N2O/c39-38(40,41)26-13-11-24(12-14-26)25(22-42)21-23-9-15-27(16-10-23)43-34-7-3-1-5-28(34)30-17-20-33-31(36(30)43)18-19-32-29-6-2-4-8-35(29)44-37(32)33/h1-21H/b25-21+. The van der Waals surface area contributed by atoms with Crippen LogP contribution in [0.1, 0.15) is 16.7 Å². The molecule has 2 aromatic heterocycles. The highest BCUT2D eigenvalue weighted by Gasteiger charge is 2.30. The van der Waals surface area contributed by atoms with Gasteiger partial charge in [-0.3, -0.25) is 0 Å². The lowest BCUT2D eigenvalue weighted by Gasteiger charge is -2.11. The maximum atomic E-state index is 13.0. The Bertz CT molecular complexity index is 2470. The molecule has 0 unspecified atom stereocenters. The zero-order chi connectivity index (χ0) is 30.0. The third kappa shape index (κ3) is 3.98. The van der Waals surface area contributed by atoms with Crippen LogP contribution in [0.5, 0.6) is 0 Å². The van der Waals surface area contributed by atoms with Crippen LogP contribution in [0.2, 0.25) is 0 Å². The van der Waals surface area contributed by atoms with Gasteiger partial charge in [0.1, 0.15) is 11.2 Å². The smallest absolute Gasteiger partial charge is 0.416 e. The van der Waals surface area contributed by atoms with Gasteiger partial charge in [0, 0.05) is 38.0 Å². The summed E-state index contributed by atoms with van der Waals surface area (Å²) in [6, 6.07) is 39.5. The Morgan fingerprint density at radius 2 is 1.27 bits per heavy atom. The molecule has 0 fully saturated rings. The van der Waals surface area contributed by atoms with E-state index in [9.17, 15) is 18.4 Å². The zero-order valence-corrected chi connectivity index (χ0v) is 23.1. The summed E-state index contributed by atoms with van der Waals surface area (Å²) in [5, 5.41) is 16.3. The molecule has 0 bridgehead atoms. The Labute approximate surface area is 249 Å². The number of hydrogen-bond acceptors (Lipinski definition) is 2. The number of benzene rings is 6. The normalized spacial score (nSPS) is 12.5. The van der Waals surface area contributed by atoms with Crippen molar-refractivity contribution >= 4 is 66.2 Å². The molecule has 8 rings (SSSR count). The lowest BCUT2D eigenvalue weighted by Crippen LogP contribution is -2.04. The van der Waals surface area contributed by atoms with E-state index in [2.05, 4.69) is 53.1 Å². The highest BCUT2D eigenvalue weighted by molar-refractivity contribution is 6.24. The van der Waals surface area contributed by atoms with E-state index in [0.29, 0.717) is 5.56 Å². The minimum atomic E-state index is -4.43. The van der Waals surface area contributed by atoms with E-state index in [0.717, 1.165) is 77.9 Å². The Hall–Kier alpha value is -5.80. The van der Waals surface area contributed by atoms with Gasteiger partial charge in [0.15, 0.2) is 0 Å². The molecule has 0 aliphatic heterocycles. The third-order valence-electron chi connectivity index (χ3n) is 8.28. The van der Waals surface area contributed by atoms with Gasteiger partial charge in [0.2, 0.25) is 0 Å². The Kier molecular flexibility index (Phi) is 5.65. The molecule has 8 aromatic rings. The van der Waals surface area contributed by atoms with E-state index in [4.69, 9.17) is 4.42 Å². The molecule has 6 heteroatoms. The summed E-state index contributed by atoms with van der Waals surface area (Å²) < 4.78 is 47.6. The van der Waals surface area contributed by atoms with Crippen molar-refractivity contribution < 1.29 is 17.6 Å². The molecular formula is C38H21F3N2O. The number of aromatic nitrogens is 1. The fourth-order valence-corrected chi connectivity index (χ4v) is 6.22. The van der Waals surface area contributed by atoms with E-state index < -0.39 is 11.7 Å². The van der Waals surface area contributed by atoms with Crippen LogP contribution in [0.25, 0.3) is 71.9 Å². The summed E-state index contributed by atoms with van der Waals surface area (Å²) in [5.74, 6) is 0. The monoisotopic (exact) mass is 578 g/mol. The summed E-state index contributed by atoms with van der Waals surface area (Å²) >= 11 is 0. The fourth-order valence-electron chi connectivity index (χ4n) is 6.22. The third-order valence-corrected chi connectivity index (χ3v) is 8.28. The van der Waals surface area contributed by atoms with E-state index >= 15 is 0 Å². The Balaban J connectivity index is 1.28. The van der Waals surface area contributed by atoms with Gasteiger partial charge in [-0.1, -0.05) is 72.8 Å². The molecule has 0 N–H and O–H groups in total. The average molecular weight is 579 g/mol. The highest BCUT2D eigenvalue weighted by Crippen LogP contribution is 2.41. The van der Waals surface area contributed by atoms with Gasteiger partial charge < -0.3 is 8.98 Å². The molecule has 0 aliphatic carbocycles. The number of allylic oxidation sites excluding steroid dienone is 1. The van der Waals surface area contributed by atoms with Crippen molar-refractivity contribution in [3.05, 3.63) is 138 Å². The number of alkyl halides is 3. The molecule has 0 atom stereocenters. The van der Waals surface area contributed by atoms with Crippen LogP contribution in [0.15, 0.2) is 126 Å². The summed E-state index contributed by atoms with van der Waals surface area (Å²) in [6.07, 6.45) is -2.74. The van der Waals surface area contributed by atoms with Crippen molar-refractivity contribution in [3.8, 4) is 11.8 Å². The van der Waals surface area contributed by atoms with Crippen molar-refractivity contribution in [1.29, 1.82) is 5.26 Å². The van der Waals surface area contributed by atoms with Crippen LogP contribution < -0.4 is 0 Å². The number of para-hydroxylation sites is 2. The second-order valence-corrected chi connectivity index (χ2v) is 10.8. The van der Waals surface area contributed by atoms with Crippen LogP contribution >= 0.6 is 0 Å². The second-order valence-electron chi connectivity index (χ2n) is 10.8. The lowest BCUT2D eigenvalue weighted by atomic mass is 10.0. The van der Waals surface area contributed by atoms with Gasteiger partial charge in [-0.25, -0.2) is 0 Å². The number of rotatable bonds is 3.